The van der Waals surface area contributed by atoms with Crippen molar-refractivity contribution in [2.75, 3.05) is 37.3 Å². The molecule has 3 aliphatic rings. The Morgan fingerprint density at radius 2 is 1.86 bits per heavy atom. The molecule has 3 amide bonds. The number of urea groups is 1. The molecule has 2 aromatic rings. The van der Waals surface area contributed by atoms with Gasteiger partial charge in [0, 0.05) is 36.8 Å². The van der Waals surface area contributed by atoms with Crippen molar-refractivity contribution in [3.8, 4) is 0 Å². The van der Waals surface area contributed by atoms with Gasteiger partial charge in [-0.1, -0.05) is 62.2 Å². The maximum atomic E-state index is 15.6. The van der Waals surface area contributed by atoms with Gasteiger partial charge in [-0.15, -0.1) is 0 Å². The van der Waals surface area contributed by atoms with Gasteiger partial charge in [0.15, 0.2) is 0 Å². The summed E-state index contributed by atoms with van der Waals surface area (Å²) in [4.78, 5) is 29.8. The predicted octanol–water partition coefficient (Wildman–Crippen LogP) is 5.50. The number of fused-ring (bicyclic) bond motifs is 2. The maximum Gasteiger partial charge on any atom is 0.328 e. The van der Waals surface area contributed by atoms with E-state index in [2.05, 4.69) is 31.4 Å². The van der Waals surface area contributed by atoms with Crippen LogP contribution < -0.4 is 15.5 Å². The highest BCUT2D eigenvalue weighted by Crippen LogP contribution is 2.58. The van der Waals surface area contributed by atoms with Crippen LogP contribution in [-0.2, 0) is 20.2 Å². The van der Waals surface area contributed by atoms with Crippen LogP contribution >= 0.6 is 23.2 Å². The first kappa shape index (κ1) is 31.2. The smallest absolute Gasteiger partial charge is 0.328 e. The fourth-order valence-corrected chi connectivity index (χ4v) is 8.19. The first-order chi connectivity index (χ1) is 19.6. The Morgan fingerprint density at radius 1 is 1.17 bits per heavy atom. The van der Waals surface area contributed by atoms with Crippen molar-refractivity contribution in [1.82, 2.24) is 14.9 Å². The maximum absolute atomic E-state index is 15.6. The minimum absolute atomic E-state index is 0.0398. The molecule has 0 aromatic heterocycles. The first-order valence-electron chi connectivity index (χ1n) is 14.2. The second kappa shape index (κ2) is 11.4. The molecule has 228 valence electrons. The van der Waals surface area contributed by atoms with Gasteiger partial charge < -0.3 is 10.6 Å². The van der Waals surface area contributed by atoms with E-state index in [0.717, 1.165) is 4.90 Å². The molecule has 3 heterocycles. The summed E-state index contributed by atoms with van der Waals surface area (Å²) >= 11 is 12.6. The number of imide groups is 1. The van der Waals surface area contributed by atoms with Crippen molar-refractivity contribution in [2.24, 2.45) is 17.3 Å². The van der Waals surface area contributed by atoms with E-state index in [4.69, 9.17) is 23.2 Å². The highest BCUT2D eigenvalue weighted by Gasteiger charge is 2.65. The molecule has 8 nitrogen and oxygen atoms in total. The number of nitrogens with zero attached hydrogens (tertiary/aromatic N) is 2. The van der Waals surface area contributed by atoms with E-state index in [9.17, 15) is 18.0 Å². The van der Waals surface area contributed by atoms with Gasteiger partial charge in [-0.25, -0.2) is 26.8 Å². The zero-order valence-electron chi connectivity index (χ0n) is 24.2. The lowest BCUT2D eigenvalue weighted by Gasteiger charge is -2.38. The normalized spacial score (nSPS) is 25.3. The van der Waals surface area contributed by atoms with Crippen molar-refractivity contribution in [2.45, 2.75) is 51.5 Å². The fraction of sp³-hybridized carbons (Fsp3) is 0.533. The van der Waals surface area contributed by atoms with E-state index in [1.807, 2.05) is 0 Å². The Hall–Kier alpha value is -2.24. The minimum Gasteiger partial charge on any atom is -0.337 e. The minimum atomic E-state index is -3.26. The van der Waals surface area contributed by atoms with Crippen LogP contribution in [0.5, 0.6) is 0 Å². The molecule has 0 aliphatic carbocycles. The Kier molecular flexibility index (Phi) is 8.43. The summed E-state index contributed by atoms with van der Waals surface area (Å²) in [5.74, 6) is -1.23. The molecule has 12 heteroatoms. The van der Waals surface area contributed by atoms with Crippen LogP contribution in [0.15, 0.2) is 36.4 Å². The lowest BCUT2D eigenvalue weighted by Crippen LogP contribution is -2.52. The molecule has 2 saturated heterocycles. The summed E-state index contributed by atoms with van der Waals surface area (Å²) in [6.45, 7) is 7.78. The molecule has 1 spiro atoms. The zero-order valence-corrected chi connectivity index (χ0v) is 26.5. The summed E-state index contributed by atoms with van der Waals surface area (Å²) in [6, 6.07) is 8.51. The summed E-state index contributed by atoms with van der Waals surface area (Å²) < 4.78 is 40.8. The van der Waals surface area contributed by atoms with E-state index >= 15 is 4.39 Å². The predicted molar refractivity (Wildman–Crippen MR) is 163 cm³/mol. The Morgan fingerprint density at radius 3 is 2.50 bits per heavy atom. The Balaban J connectivity index is 1.51. The van der Waals surface area contributed by atoms with Crippen molar-refractivity contribution in [3.05, 3.63) is 63.4 Å². The summed E-state index contributed by atoms with van der Waals surface area (Å²) in [5, 5.41) is 6.68. The number of carbonyl (C=O) groups is 2. The number of nitrogens with one attached hydrogen (secondary N) is 2. The van der Waals surface area contributed by atoms with Gasteiger partial charge in [0.2, 0.25) is 15.9 Å². The number of rotatable bonds is 5. The SMILES string of the molecule is CC(C)(C)C[C@@H]1CN[C@H](c2cccc(Cl)c2F)[C@@]12C(=O)N(C(=O)NCC1CCN(S(C)(=O)=O)CC1)c1cc(Cl)ccc12. The third-order valence-electron chi connectivity index (χ3n) is 8.81. The van der Waals surface area contributed by atoms with Crippen LogP contribution in [0.2, 0.25) is 10.0 Å². The molecular weight excluding hydrogens is 602 g/mol. The summed E-state index contributed by atoms with van der Waals surface area (Å²) in [7, 11) is -3.26. The lowest BCUT2D eigenvalue weighted by molar-refractivity contribution is -0.124. The molecule has 2 aromatic carbocycles. The van der Waals surface area contributed by atoms with E-state index in [0.29, 0.717) is 61.7 Å². The second-order valence-electron chi connectivity index (χ2n) is 12.9. The quantitative estimate of drug-likeness (QED) is 0.451. The molecule has 5 rings (SSSR count). The van der Waals surface area contributed by atoms with Crippen LogP contribution in [0.3, 0.4) is 0 Å². The first-order valence-corrected chi connectivity index (χ1v) is 16.8. The zero-order chi connectivity index (χ0) is 30.6. The summed E-state index contributed by atoms with van der Waals surface area (Å²) in [6.07, 6.45) is 3.03. The van der Waals surface area contributed by atoms with Gasteiger partial charge in [0.05, 0.1) is 23.0 Å². The van der Waals surface area contributed by atoms with Gasteiger partial charge in [-0.3, -0.25) is 4.79 Å². The third-order valence-corrected chi connectivity index (χ3v) is 10.6. The number of halogens is 3. The number of hydrogen-bond acceptors (Lipinski definition) is 5. The number of benzene rings is 2. The van der Waals surface area contributed by atoms with E-state index in [1.165, 1.54) is 16.6 Å². The molecule has 2 fully saturated rings. The topological polar surface area (TPSA) is 98.8 Å². The van der Waals surface area contributed by atoms with Gasteiger partial charge in [0.1, 0.15) is 11.2 Å². The van der Waals surface area contributed by atoms with Gasteiger partial charge in [-0.2, -0.15) is 0 Å². The van der Waals surface area contributed by atoms with Crippen LogP contribution in [0.4, 0.5) is 14.9 Å². The molecule has 42 heavy (non-hydrogen) atoms. The van der Waals surface area contributed by atoms with Gasteiger partial charge in [-0.05, 0) is 60.3 Å². The number of piperidine rings is 1. The Bertz CT molecular complexity index is 1510. The molecule has 3 aliphatic heterocycles. The van der Waals surface area contributed by atoms with Crippen molar-refractivity contribution < 1.29 is 22.4 Å². The number of hydrogen-bond donors (Lipinski definition) is 2. The number of sulfonamides is 1. The van der Waals surface area contributed by atoms with E-state index in [-0.39, 0.29) is 27.8 Å². The molecular formula is C30H37Cl2FN4O4S. The molecule has 0 radical (unpaired) electrons. The third kappa shape index (κ3) is 5.56. The monoisotopic (exact) mass is 638 g/mol. The highest BCUT2D eigenvalue weighted by molar-refractivity contribution is 7.88. The van der Waals surface area contributed by atoms with Crippen molar-refractivity contribution in [1.29, 1.82) is 0 Å². The molecule has 0 saturated carbocycles. The molecule has 3 atom stereocenters. The van der Waals surface area contributed by atoms with Crippen molar-refractivity contribution in [3.63, 3.8) is 0 Å². The van der Waals surface area contributed by atoms with E-state index in [1.54, 1.807) is 30.3 Å². The molecule has 0 unspecified atom stereocenters. The second-order valence-corrected chi connectivity index (χ2v) is 15.7. The lowest BCUT2D eigenvalue weighted by atomic mass is 9.63. The highest BCUT2D eigenvalue weighted by atomic mass is 35.5. The molecule has 2 N–H and O–H groups in total. The average Bonchev–Trinajstić information content (AvgIpc) is 3.38. The summed E-state index contributed by atoms with van der Waals surface area (Å²) in [5.41, 5.74) is -0.168. The van der Waals surface area contributed by atoms with Crippen LogP contribution in [-0.4, -0.2) is 57.1 Å². The largest absolute Gasteiger partial charge is 0.337 e. The van der Waals surface area contributed by atoms with Crippen molar-refractivity contribution >= 4 is 50.9 Å². The van der Waals surface area contributed by atoms with Gasteiger partial charge in [0.25, 0.3) is 0 Å². The Labute approximate surface area is 257 Å². The fourth-order valence-electron chi connectivity index (χ4n) is 6.97. The number of anilines is 1. The standard InChI is InChI=1S/C30H37Cl2FN4O4S/c1-29(2,3)15-19-17-34-26(21-6-5-7-23(32)25(21)33)30(19)22-9-8-20(31)14-24(22)37(27(30)38)28(39)35-16-18-10-12-36(13-11-18)42(4,40)41/h5-9,14,18-19,26,34H,10-13,15-17H2,1-4H3,(H,35,39)/t19-,26-,30-/m1/s1. The molecule has 0 bridgehead atoms. The van der Waals surface area contributed by atoms with Crippen LogP contribution in [0.1, 0.15) is 57.2 Å². The number of amides is 3. The number of carbonyl (C=O) groups excluding carboxylic acids is 2. The van der Waals surface area contributed by atoms with Gasteiger partial charge >= 0.3 is 6.03 Å². The van der Waals surface area contributed by atoms with E-state index < -0.39 is 39.2 Å². The van der Waals surface area contributed by atoms with Crippen LogP contribution in [0, 0.1) is 23.1 Å². The average molecular weight is 640 g/mol. The van der Waals surface area contributed by atoms with Crippen LogP contribution in [0.25, 0.3) is 0 Å².